The minimum Gasteiger partial charge on any atom is -0.393 e. The first-order valence-corrected chi connectivity index (χ1v) is 11.3. The van der Waals surface area contributed by atoms with Gasteiger partial charge < -0.3 is 15.3 Å². The van der Waals surface area contributed by atoms with Gasteiger partial charge in [0.1, 0.15) is 0 Å². The first-order chi connectivity index (χ1) is 14.1. The average molecular weight is 530 g/mol. The van der Waals surface area contributed by atoms with Gasteiger partial charge in [-0.25, -0.2) is 0 Å². The van der Waals surface area contributed by atoms with Crippen LogP contribution in [0.5, 0.6) is 0 Å². The van der Waals surface area contributed by atoms with Crippen molar-refractivity contribution in [1.82, 2.24) is 20.0 Å². The molecule has 6 nitrogen and oxygen atoms in total. The average Bonchev–Trinajstić information content (AvgIpc) is 3.22. The second kappa shape index (κ2) is 12.8. The quantitative estimate of drug-likeness (QED) is 0.323. The van der Waals surface area contributed by atoms with Gasteiger partial charge in [-0.2, -0.15) is 0 Å². The number of halogens is 1. The molecule has 2 fully saturated rings. The van der Waals surface area contributed by atoms with E-state index in [9.17, 15) is 5.11 Å². The molecular weight excluding hydrogens is 489 g/mol. The molecular formula is C23H40IN5O. The number of piperidine rings is 1. The summed E-state index contributed by atoms with van der Waals surface area (Å²) in [4.78, 5) is 11.9. The van der Waals surface area contributed by atoms with Crippen LogP contribution in [-0.4, -0.2) is 84.2 Å². The van der Waals surface area contributed by atoms with Crippen molar-refractivity contribution in [3.8, 4) is 0 Å². The third-order valence-corrected chi connectivity index (χ3v) is 6.44. The maximum absolute atomic E-state index is 9.65. The van der Waals surface area contributed by atoms with Gasteiger partial charge in [0.2, 0.25) is 0 Å². The van der Waals surface area contributed by atoms with Crippen molar-refractivity contribution in [1.29, 1.82) is 0 Å². The van der Waals surface area contributed by atoms with Crippen LogP contribution in [0.1, 0.15) is 44.2 Å². The monoisotopic (exact) mass is 529 g/mol. The summed E-state index contributed by atoms with van der Waals surface area (Å²) in [6.45, 7) is 12.6. The fourth-order valence-corrected chi connectivity index (χ4v) is 4.58. The first-order valence-electron chi connectivity index (χ1n) is 11.3. The number of hydrogen-bond acceptors (Lipinski definition) is 4. The molecule has 2 heterocycles. The van der Waals surface area contributed by atoms with E-state index >= 15 is 0 Å². The van der Waals surface area contributed by atoms with Gasteiger partial charge in [0.15, 0.2) is 5.96 Å². The number of aliphatic hydroxyl groups excluding tert-OH is 1. The Labute approximate surface area is 199 Å². The highest BCUT2D eigenvalue weighted by Gasteiger charge is 2.27. The Balaban J connectivity index is 0.00000320. The van der Waals surface area contributed by atoms with Crippen LogP contribution in [-0.2, 0) is 13.1 Å². The lowest BCUT2D eigenvalue weighted by Gasteiger charge is -2.29. The van der Waals surface area contributed by atoms with Crippen molar-refractivity contribution in [2.75, 3.05) is 46.3 Å². The predicted molar refractivity (Wildman–Crippen MR) is 135 cm³/mol. The third-order valence-electron chi connectivity index (χ3n) is 6.44. The van der Waals surface area contributed by atoms with E-state index in [1.807, 2.05) is 7.05 Å². The summed E-state index contributed by atoms with van der Waals surface area (Å²) in [5.41, 5.74) is 2.62. The van der Waals surface area contributed by atoms with E-state index in [1.165, 1.54) is 17.5 Å². The third kappa shape index (κ3) is 7.07. The van der Waals surface area contributed by atoms with Crippen molar-refractivity contribution in [2.45, 2.75) is 58.3 Å². The van der Waals surface area contributed by atoms with E-state index < -0.39 is 0 Å². The predicted octanol–water partition coefficient (Wildman–Crippen LogP) is 2.75. The van der Waals surface area contributed by atoms with Crippen LogP contribution in [0, 0.1) is 0 Å². The number of guanidine groups is 1. The van der Waals surface area contributed by atoms with E-state index in [2.05, 4.69) is 63.1 Å². The molecule has 1 aromatic rings. The van der Waals surface area contributed by atoms with Crippen LogP contribution in [0.2, 0.25) is 0 Å². The molecule has 0 aliphatic carbocycles. The molecule has 0 radical (unpaired) electrons. The molecule has 1 unspecified atom stereocenters. The molecule has 2 aliphatic heterocycles. The number of likely N-dealkylation sites (N-methyl/N-ethyl adjacent to an activating group) is 1. The van der Waals surface area contributed by atoms with Crippen molar-refractivity contribution < 1.29 is 5.11 Å². The summed E-state index contributed by atoms with van der Waals surface area (Å²) < 4.78 is 0. The van der Waals surface area contributed by atoms with Crippen molar-refractivity contribution >= 4 is 29.9 Å². The Hall–Kier alpha value is -0.900. The van der Waals surface area contributed by atoms with Crippen LogP contribution < -0.4 is 5.32 Å². The largest absolute Gasteiger partial charge is 0.393 e. The highest BCUT2D eigenvalue weighted by Crippen LogP contribution is 2.16. The normalized spacial score (nSPS) is 21.2. The second-order valence-corrected chi connectivity index (χ2v) is 8.33. The maximum atomic E-state index is 9.65. The molecule has 1 aromatic carbocycles. The Morgan fingerprint density at radius 1 is 1.07 bits per heavy atom. The van der Waals surface area contributed by atoms with Crippen molar-refractivity contribution in [2.24, 2.45) is 4.99 Å². The Bertz CT molecular complexity index is 641. The van der Waals surface area contributed by atoms with Gasteiger partial charge in [0.25, 0.3) is 0 Å². The number of likely N-dealkylation sites (tertiary alicyclic amines) is 2. The summed E-state index contributed by atoms with van der Waals surface area (Å²) in [7, 11) is 1.88. The lowest BCUT2D eigenvalue weighted by Crippen LogP contribution is -2.43. The Kier molecular flexibility index (Phi) is 10.8. The SMILES string of the molecule is CCN(CC)C1CCN(C(=NC)NCc2ccc(CN3CCC(O)CC3)cc2)C1.I. The van der Waals surface area contributed by atoms with Gasteiger partial charge >= 0.3 is 0 Å². The van der Waals surface area contributed by atoms with Crippen molar-refractivity contribution in [3.05, 3.63) is 35.4 Å². The molecule has 0 spiro atoms. The summed E-state index contributed by atoms with van der Waals surface area (Å²) in [6.07, 6.45) is 2.90. The van der Waals surface area contributed by atoms with Gasteiger partial charge in [0, 0.05) is 52.4 Å². The van der Waals surface area contributed by atoms with E-state index in [0.29, 0.717) is 6.04 Å². The maximum Gasteiger partial charge on any atom is 0.193 e. The van der Waals surface area contributed by atoms with Crippen LogP contribution in [0.4, 0.5) is 0 Å². The molecule has 30 heavy (non-hydrogen) atoms. The summed E-state index contributed by atoms with van der Waals surface area (Å²) in [5, 5.41) is 13.2. The highest BCUT2D eigenvalue weighted by molar-refractivity contribution is 14.0. The minimum absolute atomic E-state index is 0. The van der Waals surface area contributed by atoms with E-state index in [-0.39, 0.29) is 30.1 Å². The van der Waals surface area contributed by atoms with Gasteiger partial charge in [0.05, 0.1) is 6.10 Å². The highest BCUT2D eigenvalue weighted by atomic mass is 127. The molecule has 0 amide bonds. The van der Waals surface area contributed by atoms with Crippen LogP contribution in [0.25, 0.3) is 0 Å². The number of benzene rings is 1. The molecule has 2 saturated heterocycles. The molecule has 0 bridgehead atoms. The van der Waals surface area contributed by atoms with Crippen LogP contribution in [0.3, 0.4) is 0 Å². The summed E-state index contributed by atoms with van der Waals surface area (Å²) in [5.74, 6) is 1.01. The Morgan fingerprint density at radius 2 is 1.70 bits per heavy atom. The van der Waals surface area contributed by atoms with Crippen LogP contribution >= 0.6 is 24.0 Å². The lowest BCUT2D eigenvalue weighted by molar-refractivity contribution is 0.0792. The molecule has 1 atom stereocenters. The molecule has 2 N–H and O–H groups in total. The molecule has 7 heteroatoms. The molecule has 3 rings (SSSR count). The second-order valence-electron chi connectivity index (χ2n) is 8.33. The van der Waals surface area contributed by atoms with E-state index in [4.69, 9.17) is 0 Å². The number of hydrogen-bond donors (Lipinski definition) is 2. The lowest BCUT2D eigenvalue weighted by atomic mass is 10.1. The summed E-state index contributed by atoms with van der Waals surface area (Å²) in [6, 6.07) is 9.54. The van der Waals surface area contributed by atoms with E-state index in [0.717, 1.165) is 71.2 Å². The summed E-state index contributed by atoms with van der Waals surface area (Å²) >= 11 is 0. The molecule has 2 aliphatic rings. The molecule has 0 aromatic heterocycles. The zero-order chi connectivity index (χ0) is 20.6. The van der Waals surface area contributed by atoms with Gasteiger partial charge in [-0.1, -0.05) is 38.1 Å². The standard InChI is InChI=1S/C23H39N5O.HI/c1-4-27(5-2)21-10-15-28(18-21)23(24-3)25-16-19-6-8-20(9-7-19)17-26-13-11-22(29)12-14-26;/h6-9,21-22,29H,4-5,10-18H2,1-3H3,(H,24,25);1H. The van der Waals surface area contributed by atoms with Crippen LogP contribution in [0.15, 0.2) is 29.3 Å². The van der Waals surface area contributed by atoms with Gasteiger partial charge in [-0.3, -0.25) is 14.8 Å². The number of nitrogens with one attached hydrogen (secondary N) is 1. The number of aliphatic imine (C=N–C) groups is 1. The molecule has 170 valence electrons. The van der Waals surface area contributed by atoms with Crippen molar-refractivity contribution in [3.63, 3.8) is 0 Å². The zero-order valence-corrected chi connectivity index (χ0v) is 21.2. The first kappa shape index (κ1) is 25.4. The number of rotatable bonds is 7. The fraction of sp³-hybridized carbons (Fsp3) is 0.696. The van der Waals surface area contributed by atoms with E-state index in [1.54, 1.807) is 0 Å². The number of aliphatic hydroxyl groups is 1. The topological polar surface area (TPSA) is 54.3 Å². The fourth-order valence-electron chi connectivity index (χ4n) is 4.58. The smallest absolute Gasteiger partial charge is 0.193 e. The van der Waals surface area contributed by atoms with Gasteiger partial charge in [-0.15, -0.1) is 24.0 Å². The van der Waals surface area contributed by atoms with Gasteiger partial charge in [-0.05, 0) is 43.5 Å². The Morgan fingerprint density at radius 3 is 2.30 bits per heavy atom. The zero-order valence-electron chi connectivity index (χ0n) is 18.9. The minimum atomic E-state index is -0.105. The number of nitrogens with zero attached hydrogens (tertiary/aromatic N) is 4. The molecule has 0 saturated carbocycles.